The van der Waals surface area contributed by atoms with Crippen LogP contribution in [-0.2, 0) is 4.79 Å². The normalized spacial score (nSPS) is 21.6. The molecule has 0 saturated carbocycles. The van der Waals surface area contributed by atoms with Crippen LogP contribution in [0.2, 0.25) is 0 Å². The molecule has 34 heavy (non-hydrogen) atoms. The maximum Gasteiger partial charge on any atom is 0.322 e. The van der Waals surface area contributed by atoms with Gasteiger partial charge in [0.25, 0.3) is 0 Å². The molecule has 2 heterocycles. The number of carbonyl (C=O) groups is 2. The van der Waals surface area contributed by atoms with Crippen LogP contribution < -0.4 is 5.32 Å². The first-order valence-electron chi connectivity index (χ1n) is 11.0. The minimum atomic E-state index is -0.476. The zero-order valence-electron chi connectivity index (χ0n) is 18.2. The van der Waals surface area contributed by atoms with Gasteiger partial charge in [0.1, 0.15) is 18.2 Å². The zero-order valence-corrected chi connectivity index (χ0v) is 18.2. The summed E-state index contributed by atoms with van der Waals surface area (Å²) in [5.74, 6) is -1.13. The number of halogens is 2. The van der Waals surface area contributed by atoms with E-state index < -0.39 is 11.8 Å². The monoisotopic (exact) mass is 463 g/mol. The van der Waals surface area contributed by atoms with Gasteiger partial charge in [0, 0.05) is 18.2 Å². The predicted octanol–water partition coefficient (Wildman–Crippen LogP) is 3.83. The van der Waals surface area contributed by atoms with Crippen LogP contribution in [0.15, 0.2) is 72.8 Å². The molecule has 0 aromatic heterocycles. The summed E-state index contributed by atoms with van der Waals surface area (Å²) in [5, 5.41) is 12.6. The number of benzene rings is 3. The Morgan fingerprint density at radius 3 is 2.29 bits per heavy atom. The van der Waals surface area contributed by atoms with Gasteiger partial charge < -0.3 is 20.2 Å². The van der Waals surface area contributed by atoms with Gasteiger partial charge in [0.15, 0.2) is 0 Å². The maximum absolute atomic E-state index is 13.5. The number of nitrogens with one attached hydrogen (secondary N) is 1. The van der Waals surface area contributed by atoms with Gasteiger partial charge in [-0.2, -0.15) is 0 Å². The molecule has 0 unspecified atom stereocenters. The van der Waals surface area contributed by atoms with Crippen molar-refractivity contribution in [3.8, 4) is 11.1 Å². The summed E-state index contributed by atoms with van der Waals surface area (Å²) in [7, 11) is 0. The number of rotatable bonds is 4. The highest BCUT2D eigenvalue weighted by molar-refractivity contribution is 5.93. The number of aliphatic hydroxyl groups is 1. The summed E-state index contributed by atoms with van der Waals surface area (Å²) in [6.07, 6.45) is 0. The number of anilines is 1. The average Bonchev–Trinajstić information content (AvgIpc) is 2.81. The minimum Gasteiger partial charge on any atom is -0.394 e. The second-order valence-corrected chi connectivity index (χ2v) is 8.59. The fraction of sp³-hybridized carbons (Fsp3) is 0.231. The number of urea groups is 1. The standard InChI is InChI=1S/C26H23F2N3O3/c27-19-10-8-17(9-11-19)16-4-6-18(7-5-16)25-22-13-30(14-24(33)31(22)23(25)15-32)26(34)29-21-3-1-2-20(28)12-21/h1-12,22-23,25,32H,13-15H2,(H,29,34)/t22-,23-,25+/m1/s1. The third-order valence-corrected chi connectivity index (χ3v) is 6.59. The molecule has 2 aliphatic heterocycles. The van der Waals surface area contributed by atoms with Crippen LogP contribution in [0.5, 0.6) is 0 Å². The van der Waals surface area contributed by atoms with Gasteiger partial charge >= 0.3 is 6.03 Å². The van der Waals surface area contributed by atoms with Gasteiger partial charge in [-0.3, -0.25) is 4.79 Å². The Balaban J connectivity index is 1.34. The van der Waals surface area contributed by atoms with E-state index in [9.17, 15) is 23.5 Å². The minimum absolute atomic E-state index is 0.107. The van der Waals surface area contributed by atoms with E-state index in [-0.39, 0.29) is 42.9 Å². The molecule has 174 valence electrons. The zero-order chi connectivity index (χ0) is 23.8. The first-order valence-corrected chi connectivity index (χ1v) is 11.0. The quantitative estimate of drug-likeness (QED) is 0.618. The van der Waals surface area contributed by atoms with Gasteiger partial charge in [-0.15, -0.1) is 0 Å². The second-order valence-electron chi connectivity index (χ2n) is 8.59. The lowest BCUT2D eigenvalue weighted by Crippen LogP contribution is -2.73. The molecule has 2 fully saturated rings. The number of hydrogen-bond acceptors (Lipinski definition) is 3. The lowest BCUT2D eigenvalue weighted by atomic mass is 9.73. The van der Waals surface area contributed by atoms with Crippen LogP contribution in [0.4, 0.5) is 19.3 Å². The van der Waals surface area contributed by atoms with E-state index in [4.69, 9.17) is 0 Å². The summed E-state index contributed by atoms with van der Waals surface area (Å²) < 4.78 is 26.7. The van der Waals surface area contributed by atoms with E-state index in [1.807, 2.05) is 24.3 Å². The van der Waals surface area contributed by atoms with Gasteiger partial charge in [-0.25, -0.2) is 13.6 Å². The Hall–Kier alpha value is -3.78. The van der Waals surface area contributed by atoms with Crippen LogP contribution >= 0.6 is 0 Å². The van der Waals surface area contributed by atoms with Crippen molar-refractivity contribution in [3.63, 3.8) is 0 Å². The van der Waals surface area contributed by atoms with Crippen molar-refractivity contribution >= 4 is 17.6 Å². The average molecular weight is 463 g/mol. The molecule has 0 aliphatic carbocycles. The Labute approximate surface area is 195 Å². The fourth-order valence-electron chi connectivity index (χ4n) is 4.96. The molecule has 8 heteroatoms. The molecule has 2 N–H and O–H groups in total. The summed E-state index contributed by atoms with van der Waals surface area (Å²) in [6, 6.07) is 18.5. The Kier molecular flexibility index (Phi) is 5.75. The van der Waals surface area contributed by atoms with E-state index in [2.05, 4.69) is 5.32 Å². The van der Waals surface area contributed by atoms with Crippen LogP contribution in [0, 0.1) is 11.6 Å². The van der Waals surface area contributed by atoms with Crippen molar-refractivity contribution in [2.24, 2.45) is 0 Å². The molecule has 3 amide bonds. The molecular weight excluding hydrogens is 440 g/mol. The van der Waals surface area contributed by atoms with Crippen molar-refractivity contribution in [2.75, 3.05) is 25.0 Å². The first kappa shape index (κ1) is 22.0. The van der Waals surface area contributed by atoms with Crippen molar-refractivity contribution < 1.29 is 23.5 Å². The molecular formula is C26H23F2N3O3. The van der Waals surface area contributed by atoms with E-state index in [0.29, 0.717) is 12.2 Å². The Bertz CT molecular complexity index is 1220. The molecule has 3 aromatic carbocycles. The maximum atomic E-state index is 13.5. The predicted molar refractivity (Wildman–Crippen MR) is 123 cm³/mol. The number of hydrogen-bond donors (Lipinski definition) is 2. The summed E-state index contributed by atoms with van der Waals surface area (Å²) in [4.78, 5) is 28.6. The molecule has 3 atom stereocenters. The SMILES string of the molecule is O=C(Nc1cccc(F)c1)N1CC(=O)N2[C@H](CO)[C@@H](c3ccc(-c4ccc(F)cc4)cc3)[C@H]2C1. The summed E-state index contributed by atoms with van der Waals surface area (Å²) in [6.45, 7) is 0.0141. The lowest BCUT2D eigenvalue weighted by Gasteiger charge is -2.58. The number of aliphatic hydroxyl groups excluding tert-OH is 1. The topological polar surface area (TPSA) is 72.9 Å². The van der Waals surface area contributed by atoms with Crippen molar-refractivity contribution in [1.29, 1.82) is 0 Å². The number of amides is 3. The highest BCUT2D eigenvalue weighted by atomic mass is 19.1. The molecule has 0 spiro atoms. The molecule has 0 radical (unpaired) electrons. The second kappa shape index (κ2) is 8.87. The molecule has 0 bridgehead atoms. The first-order chi connectivity index (χ1) is 16.4. The van der Waals surface area contributed by atoms with Gasteiger partial charge in [-0.1, -0.05) is 42.5 Å². The van der Waals surface area contributed by atoms with E-state index in [0.717, 1.165) is 16.7 Å². The van der Waals surface area contributed by atoms with Crippen LogP contribution in [0.1, 0.15) is 11.5 Å². The van der Waals surface area contributed by atoms with Crippen molar-refractivity contribution in [1.82, 2.24) is 9.80 Å². The number of nitrogens with zero attached hydrogens (tertiary/aromatic N) is 2. The molecule has 2 aliphatic rings. The third kappa shape index (κ3) is 4.01. The Morgan fingerprint density at radius 2 is 1.65 bits per heavy atom. The molecule has 5 rings (SSSR count). The smallest absolute Gasteiger partial charge is 0.322 e. The lowest BCUT2D eigenvalue weighted by molar-refractivity contribution is -0.159. The van der Waals surface area contributed by atoms with E-state index in [1.165, 1.54) is 35.2 Å². The van der Waals surface area contributed by atoms with Crippen molar-refractivity contribution in [2.45, 2.75) is 18.0 Å². The van der Waals surface area contributed by atoms with Gasteiger partial charge in [0.2, 0.25) is 5.91 Å². The molecule has 3 aromatic rings. The van der Waals surface area contributed by atoms with Crippen LogP contribution in [-0.4, -0.2) is 58.6 Å². The highest BCUT2D eigenvalue weighted by Gasteiger charge is 2.54. The molecule has 2 saturated heterocycles. The molecule has 6 nitrogen and oxygen atoms in total. The Morgan fingerprint density at radius 1 is 0.971 bits per heavy atom. The van der Waals surface area contributed by atoms with Gasteiger partial charge in [-0.05, 0) is 47.0 Å². The number of fused-ring (bicyclic) bond motifs is 1. The van der Waals surface area contributed by atoms with Gasteiger partial charge in [0.05, 0.1) is 18.7 Å². The summed E-state index contributed by atoms with van der Waals surface area (Å²) in [5.41, 5.74) is 3.08. The number of piperazine rings is 1. The van der Waals surface area contributed by atoms with Crippen LogP contribution in [0.25, 0.3) is 11.1 Å². The van der Waals surface area contributed by atoms with Crippen LogP contribution in [0.3, 0.4) is 0 Å². The van der Waals surface area contributed by atoms with E-state index in [1.54, 1.807) is 23.1 Å². The fourth-order valence-corrected chi connectivity index (χ4v) is 4.96. The van der Waals surface area contributed by atoms with Crippen molar-refractivity contribution in [3.05, 3.63) is 90.0 Å². The highest BCUT2D eigenvalue weighted by Crippen LogP contribution is 2.43. The third-order valence-electron chi connectivity index (χ3n) is 6.59. The summed E-state index contributed by atoms with van der Waals surface area (Å²) >= 11 is 0. The number of carbonyl (C=O) groups excluding carboxylic acids is 2. The van der Waals surface area contributed by atoms with E-state index >= 15 is 0 Å². The largest absolute Gasteiger partial charge is 0.394 e.